The zero-order valence-corrected chi connectivity index (χ0v) is 26.6. The number of nitrogens with zero attached hydrogens (tertiary/aromatic N) is 3. The summed E-state index contributed by atoms with van der Waals surface area (Å²) < 4.78 is 37.3. The molecule has 0 unspecified atom stereocenters. The van der Waals surface area contributed by atoms with Crippen LogP contribution in [0.2, 0.25) is 0 Å². The Bertz CT molecular complexity index is 1220. The molecule has 224 valence electrons. The van der Waals surface area contributed by atoms with Crippen LogP contribution in [0.4, 0.5) is 0 Å². The van der Waals surface area contributed by atoms with Crippen LogP contribution >= 0.6 is 0 Å². The lowest BCUT2D eigenvalue weighted by atomic mass is 10.1. The van der Waals surface area contributed by atoms with Gasteiger partial charge in [0.15, 0.2) is 0 Å². The first-order valence-electron chi connectivity index (χ1n) is 13.4. The summed E-state index contributed by atoms with van der Waals surface area (Å²) in [5.41, 5.74) is 3.45. The van der Waals surface area contributed by atoms with Crippen molar-refractivity contribution in [2.75, 3.05) is 55.0 Å². The average molecular weight is 578 g/mol. The molecule has 0 radical (unpaired) electrons. The van der Waals surface area contributed by atoms with E-state index in [1.54, 1.807) is 44.9 Å². The molecule has 0 saturated carbocycles. The Labute approximate surface area is 241 Å². The van der Waals surface area contributed by atoms with Crippen LogP contribution in [0.1, 0.15) is 48.9 Å². The molecule has 0 aromatic heterocycles. The maximum atomic E-state index is 12.6. The summed E-state index contributed by atoms with van der Waals surface area (Å²) in [6, 6.07) is 9.43. The van der Waals surface area contributed by atoms with Crippen LogP contribution in [-0.4, -0.2) is 89.2 Å². The zero-order valence-electron chi connectivity index (χ0n) is 25.8. The maximum absolute atomic E-state index is 12.6. The lowest BCUT2D eigenvalue weighted by Crippen LogP contribution is -2.33. The fraction of sp³-hybridized carbons (Fsp3) is 0.533. The number of likely N-dealkylation sites (N-methyl/N-ethyl adjacent to an activating group) is 2. The lowest BCUT2D eigenvalue weighted by Gasteiger charge is -2.20. The Morgan fingerprint density at radius 3 is 2.00 bits per heavy atom. The predicted octanol–water partition coefficient (Wildman–Crippen LogP) is 4.22. The van der Waals surface area contributed by atoms with Crippen molar-refractivity contribution in [1.82, 2.24) is 14.1 Å². The van der Waals surface area contributed by atoms with E-state index in [-0.39, 0.29) is 23.1 Å². The van der Waals surface area contributed by atoms with Gasteiger partial charge in [0.05, 0.1) is 18.6 Å². The molecular weight excluding hydrogens is 530 g/mol. The van der Waals surface area contributed by atoms with Gasteiger partial charge < -0.3 is 19.3 Å². The van der Waals surface area contributed by atoms with Crippen molar-refractivity contribution >= 4 is 21.7 Å². The van der Waals surface area contributed by atoms with Crippen molar-refractivity contribution in [3.05, 3.63) is 52.6 Å². The minimum atomic E-state index is -3.68. The van der Waals surface area contributed by atoms with Crippen LogP contribution in [0.5, 0.6) is 11.5 Å². The molecule has 0 aliphatic carbocycles. The van der Waals surface area contributed by atoms with E-state index in [2.05, 4.69) is 11.0 Å². The van der Waals surface area contributed by atoms with Crippen molar-refractivity contribution in [3.63, 3.8) is 0 Å². The molecule has 0 bridgehead atoms. The molecule has 0 fully saturated rings. The largest absolute Gasteiger partial charge is 0.497 e. The van der Waals surface area contributed by atoms with E-state index in [4.69, 9.17) is 9.47 Å². The average Bonchev–Trinajstić information content (AvgIpc) is 2.84. The molecule has 40 heavy (non-hydrogen) atoms. The number of amides is 1. The van der Waals surface area contributed by atoms with Crippen LogP contribution in [0, 0.1) is 20.8 Å². The molecule has 2 rings (SSSR count). The van der Waals surface area contributed by atoms with Crippen molar-refractivity contribution < 1.29 is 27.5 Å². The van der Waals surface area contributed by atoms with Gasteiger partial charge in [-0.1, -0.05) is 19.1 Å². The van der Waals surface area contributed by atoms with Gasteiger partial charge in [0.1, 0.15) is 23.9 Å². The molecule has 0 N–H and O–H groups in total. The number of benzene rings is 2. The maximum Gasteiger partial charge on any atom is 0.243 e. The number of sulfonamides is 1. The fourth-order valence-electron chi connectivity index (χ4n) is 3.98. The van der Waals surface area contributed by atoms with E-state index in [9.17, 15) is 18.0 Å². The van der Waals surface area contributed by atoms with E-state index in [1.165, 1.54) is 14.2 Å². The molecule has 0 atom stereocenters. The van der Waals surface area contributed by atoms with Gasteiger partial charge in [-0.05, 0) is 81.7 Å². The highest BCUT2D eigenvalue weighted by Gasteiger charge is 2.26. The van der Waals surface area contributed by atoms with E-state index >= 15 is 0 Å². The van der Waals surface area contributed by atoms with E-state index in [1.807, 2.05) is 40.1 Å². The highest BCUT2D eigenvalue weighted by molar-refractivity contribution is 7.89. The topological polar surface area (TPSA) is 96.5 Å². The first-order valence-corrected chi connectivity index (χ1v) is 14.8. The highest BCUT2D eigenvalue weighted by Crippen LogP contribution is 2.27. The van der Waals surface area contributed by atoms with Crippen LogP contribution < -0.4 is 9.47 Å². The molecule has 0 saturated heterocycles. The quantitative estimate of drug-likeness (QED) is 0.352. The van der Waals surface area contributed by atoms with Crippen molar-refractivity contribution in [2.24, 2.45) is 0 Å². The summed E-state index contributed by atoms with van der Waals surface area (Å²) in [5, 5.41) is 0. The molecule has 10 heteroatoms. The second-order valence-corrected chi connectivity index (χ2v) is 12.2. The Kier molecular flexibility index (Phi) is 14.3. The van der Waals surface area contributed by atoms with Crippen LogP contribution in [0.15, 0.2) is 35.2 Å². The summed E-state index contributed by atoms with van der Waals surface area (Å²) in [6.45, 7) is 11.1. The minimum absolute atomic E-state index is 0.0731. The van der Waals surface area contributed by atoms with Gasteiger partial charge in [-0.25, -0.2) is 8.42 Å². The van der Waals surface area contributed by atoms with E-state index in [0.717, 1.165) is 27.7 Å². The molecule has 0 heterocycles. The number of rotatable bonds is 13. The summed E-state index contributed by atoms with van der Waals surface area (Å²) >= 11 is 0. The van der Waals surface area contributed by atoms with Gasteiger partial charge in [-0.2, -0.15) is 4.31 Å². The number of carbonyl (C=O) groups is 2. The molecule has 9 nitrogen and oxygen atoms in total. The van der Waals surface area contributed by atoms with Gasteiger partial charge in [0, 0.05) is 40.5 Å². The van der Waals surface area contributed by atoms with Crippen molar-refractivity contribution in [2.45, 2.75) is 58.9 Å². The highest BCUT2D eigenvalue weighted by atomic mass is 32.2. The first kappa shape index (κ1) is 35.1. The third kappa shape index (κ3) is 10.9. The monoisotopic (exact) mass is 577 g/mol. The third-order valence-electron chi connectivity index (χ3n) is 6.26. The zero-order chi connectivity index (χ0) is 30.6. The number of ether oxygens (including phenoxy) is 2. The van der Waals surface area contributed by atoms with Gasteiger partial charge in [-0.15, -0.1) is 0 Å². The van der Waals surface area contributed by atoms with Gasteiger partial charge in [0.2, 0.25) is 15.9 Å². The lowest BCUT2D eigenvalue weighted by molar-refractivity contribution is -0.128. The summed E-state index contributed by atoms with van der Waals surface area (Å²) in [7, 11) is 5.15. The summed E-state index contributed by atoms with van der Waals surface area (Å²) in [6.07, 6.45) is 1.10. The standard InChI is InChI=1S/C15H24N2O2.C15H23NO4S/c1-12-10-14(11-17(5)13(2)18)6-7-15(12)19-9-8-16(3)4;1-6-7-13(17)10-16(4)21(18,19)15-11(2)8-14(20-5)9-12(15)3/h6-7,10H,8-9,11H2,1-5H3;8-9H,6-7,10H2,1-5H3. The number of ketones is 1. The predicted molar refractivity (Wildman–Crippen MR) is 160 cm³/mol. The smallest absolute Gasteiger partial charge is 0.243 e. The Balaban J connectivity index is 0.000000402. The summed E-state index contributed by atoms with van der Waals surface area (Å²) in [4.78, 5) is 26.9. The minimum Gasteiger partial charge on any atom is -0.497 e. The number of carbonyl (C=O) groups excluding carboxylic acids is 2. The number of methoxy groups -OCH3 is 1. The Morgan fingerprint density at radius 2 is 1.52 bits per heavy atom. The number of hydrogen-bond acceptors (Lipinski definition) is 7. The molecule has 0 aliphatic heterocycles. The molecule has 2 aromatic rings. The Morgan fingerprint density at radius 1 is 0.925 bits per heavy atom. The van der Waals surface area contributed by atoms with Crippen LogP contribution in [0.25, 0.3) is 0 Å². The Hall–Kier alpha value is -2.95. The summed E-state index contributed by atoms with van der Waals surface area (Å²) in [5.74, 6) is 1.53. The molecule has 1 amide bonds. The first-order chi connectivity index (χ1) is 18.6. The van der Waals surface area contributed by atoms with E-state index < -0.39 is 10.0 Å². The molecule has 0 spiro atoms. The number of aryl methyl sites for hydroxylation is 3. The molecular formula is C30H47N3O6S. The van der Waals surface area contributed by atoms with Crippen molar-refractivity contribution in [3.8, 4) is 11.5 Å². The molecule has 0 aliphatic rings. The molecule has 2 aromatic carbocycles. The number of Topliss-reactive ketones (excluding diaryl/α,β-unsaturated/α-hetero) is 1. The fourth-order valence-corrected chi connectivity index (χ4v) is 5.53. The SMILES string of the molecule is CC(=O)N(C)Cc1ccc(OCCN(C)C)c(C)c1.CCCC(=O)CN(C)S(=O)(=O)c1c(C)cc(OC)cc1C. The second kappa shape index (κ2) is 16.3. The second-order valence-electron chi connectivity index (χ2n) is 10.3. The van der Waals surface area contributed by atoms with E-state index in [0.29, 0.717) is 42.9 Å². The van der Waals surface area contributed by atoms with Gasteiger partial charge in [0.25, 0.3) is 0 Å². The normalized spacial score (nSPS) is 11.2. The van der Waals surface area contributed by atoms with Gasteiger partial charge >= 0.3 is 0 Å². The third-order valence-corrected chi connectivity index (χ3v) is 8.37. The van der Waals surface area contributed by atoms with Crippen LogP contribution in [0.3, 0.4) is 0 Å². The van der Waals surface area contributed by atoms with Crippen LogP contribution in [-0.2, 0) is 26.2 Å². The van der Waals surface area contributed by atoms with Crippen molar-refractivity contribution in [1.29, 1.82) is 0 Å². The number of hydrogen-bond donors (Lipinski definition) is 0. The van der Waals surface area contributed by atoms with Gasteiger partial charge in [-0.3, -0.25) is 9.59 Å².